The molecule has 0 saturated heterocycles. The molecule has 2 aromatic carbocycles. The van der Waals surface area contributed by atoms with Gasteiger partial charge in [-0.25, -0.2) is 5.43 Å². The molecule has 0 bridgehead atoms. The second-order valence-electron chi connectivity index (χ2n) is 7.24. The van der Waals surface area contributed by atoms with E-state index in [4.69, 9.17) is 4.74 Å². The van der Waals surface area contributed by atoms with Crippen molar-refractivity contribution in [1.82, 2.24) is 5.43 Å². The molecule has 0 aromatic heterocycles. The molecule has 1 aliphatic rings. The van der Waals surface area contributed by atoms with Crippen LogP contribution < -0.4 is 15.5 Å². The quantitative estimate of drug-likeness (QED) is 0.241. The molecule has 0 spiro atoms. The maximum Gasteiger partial charge on any atom is 0.240 e. The number of benzene rings is 2. The van der Waals surface area contributed by atoms with Gasteiger partial charge in [-0.3, -0.25) is 9.59 Å². The summed E-state index contributed by atoms with van der Waals surface area (Å²) in [6.45, 7) is 0.716. The number of carbonyl (C=O) groups excluding carboxylic acids is 2. The molecule has 7 nitrogen and oxygen atoms in total. The zero-order valence-electron chi connectivity index (χ0n) is 16.9. The van der Waals surface area contributed by atoms with Crippen molar-refractivity contribution in [3.63, 3.8) is 0 Å². The van der Waals surface area contributed by atoms with Crippen LogP contribution in [-0.2, 0) is 16.0 Å². The number of hydrogen-bond donors (Lipinski definition) is 3. The Morgan fingerprint density at radius 3 is 2.60 bits per heavy atom. The number of nitrogens with one attached hydrogen (secondary N) is 2. The number of para-hydroxylation sites is 2. The van der Waals surface area contributed by atoms with Crippen LogP contribution in [0.15, 0.2) is 47.6 Å². The van der Waals surface area contributed by atoms with Crippen LogP contribution in [0.3, 0.4) is 0 Å². The highest BCUT2D eigenvalue weighted by Gasteiger charge is 2.11. The summed E-state index contributed by atoms with van der Waals surface area (Å²) in [7, 11) is 0. The molecule has 2 amide bonds. The molecule has 0 atom stereocenters. The number of amides is 2. The fourth-order valence-corrected chi connectivity index (χ4v) is 3.24. The number of phenols is 1. The van der Waals surface area contributed by atoms with Crippen molar-refractivity contribution >= 4 is 23.7 Å². The molecule has 7 heteroatoms. The van der Waals surface area contributed by atoms with Crippen LogP contribution in [0.4, 0.5) is 5.69 Å². The van der Waals surface area contributed by atoms with Gasteiger partial charge in [-0.05, 0) is 54.3 Å². The molecule has 158 valence electrons. The second kappa shape index (κ2) is 11.0. The maximum absolute atomic E-state index is 11.9. The van der Waals surface area contributed by atoms with Crippen molar-refractivity contribution in [3.8, 4) is 11.5 Å². The van der Waals surface area contributed by atoms with E-state index >= 15 is 0 Å². The van der Waals surface area contributed by atoms with Gasteiger partial charge in [0, 0.05) is 19.3 Å². The van der Waals surface area contributed by atoms with E-state index in [2.05, 4.69) is 15.8 Å². The first kappa shape index (κ1) is 21.4. The minimum absolute atomic E-state index is 0.0599. The number of carbonyl (C=O) groups is 2. The summed E-state index contributed by atoms with van der Waals surface area (Å²) in [5, 5.41) is 16.4. The third kappa shape index (κ3) is 6.62. The normalized spacial score (nSPS) is 12.4. The monoisotopic (exact) mass is 409 g/mol. The summed E-state index contributed by atoms with van der Waals surface area (Å²) in [6, 6.07) is 12.5. The number of anilines is 1. The maximum atomic E-state index is 11.9. The Labute approximate surface area is 176 Å². The molecule has 3 N–H and O–H groups in total. The summed E-state index contributed by atoms with van der Waals surface area (Å²) in [6.07, 6.45) is 6.54. The fourth-order valence-electron chi connectivity index (χ4n) is 3.24. The topological polar surface area (TPSA) is 100 Å². The molecule has 1 heterocycles. The molecule has 0 radical (unpaired) electrons. The number of fused-ring (bicyclic) bond motifs is 1. The number of hydrogen-bond acceptors (Lipinski definition) is 5. The minimum atomic E-state index is -0.123. The van der Waals surface area contributed by atoms with Crippen LogP contribution in [0.1, 0.15) is 49.7 Å². The van der Waals surface area contributed by atoms with Gasteiger partial charge in [-0.15, -0.1) is 0 Å². The van der Waals surface area contributed by atoms with Gasteiger partial charge in [-0.2, -0.15) is 5.10 Å². The summed E-state index contributed by atoms with van der Waals surface area (Å²) in [5.74, 6) is 0.742. The van der Waals surface area contributed by atoms with Gasteiger partial charge in [0.25, 0.3) is 0 Å². The van der Waals surface area contributed by atoms with Crippen LogP contribution in [0.5, 0.6) is 11.5 Å². The predicted octanol–water partition coefficient (Wildman–Crippen LogP) is 3.76. The lowest BCUT2D eigenvalue weighted by Crippen LogP contribution is -2.16. The lowest BCUT2D eigenvalue weighted by atomic mass is 10.1. The lowest BCUT2D eigenvalue weighted by molar-refractivity contribution is -0.121. The summed E-state index contributed by atoms with van der Waals surface area (Å²) in [4.78, 5) is 23.8. The average Bonchev–Trinajstić information content (AvgIpc) is 3.20. The van der Waals surface area contributed by atoms with Gasteiger partial charge in [0.1, 0.15) is 11.5 Å². The first-order valence-corrected chi connectivity index (χ1v) is 10.3. The Morgan fingerprint density at radius 1 is 1.03 bits per heavy atom. The molecular weight excluding hydrogens is 382 g/mol. The number of ether oxygens (including phenoxy) is 1. The molecule has 30 heavy (non-hydrogen) atoms. The van der Waals surface area contributed by atoms with Crippen molar-refractivity contribution in [1.29, 1.82) is 0 Å². The fraction of sp³-hybridized carbons (Fsp3) is 0.348. The highest BCUT2D eigenvalue weighted by molar-refractivity contribution is 5.92. The zero-order valence-corrected chi connectivity index (χ0v) is 16.9. The van der Waals surface area contributed by atoms with E-state index in [-0.39, 0.29) is 17.6 Å². The van der Waals surface area contributed by atoms with Crippen LogP contribution in [0.2, 0.25) is 0 Å². The molecule has 0 fully saturated rings. The first-order chi connectivity index (χ1) is 14.6. The molecule has 0 unspecified atom stereocenters. The third-order valence-corrected chi connectivity index (χ3v) is 4.85. The third-order valence-electron chi connectivity index (χ3n) is 4.85. The molecule has 2 aromatic rings. The van der Waals surface area contributed by atoms with E-state index in [9.17, 15) is 14.7 Å². The summed E-state index contributed by atoms with van der Waals surface area (Å²) < 4.78 is 5.47. The molecule has 0 aliphatic carbocycles. The Balaban J connectivity index is 1.24. The highest BCUT2D eigenvalue weighted by Crippen LogP contribution is 2.25. The van der Waals surface area contributed by atoms with E-state index in [1.165, 1.54) is 11.6 Å². The number of aromatic hydroxyl groups is 1. The zero-order chi connectivity index (χ0) is 21.2. The average molecular weight is 409 g/mol. The molecule has 3 rings (SSSR count). The van der Waals surface area contributed by atoms with Crippen molar-refractivity contribution in [2.24, 2.45) is 5.10 Å². The Kier molecular flexibility index (Phi) is 7.83. The summed E-state index contributed by atoms with van der Waals surface area (Å²) >= 11 is 0. The number of phenolic OH excluding ortho intramolecular Hbond substituents is 1. The standard InChI is InChI=1S/C23H27N3O4/c27-20-8-6-5-7-19(20)25-22(28)9-3-1-2-4-10-23(29)26-24-16-17-11-12-21-18(15-17)13-14-30-21/h5-8,11-12,15-16,27H,1-4,9-10,13-14H2,(H,25,28)(H,26,29)/b24-16+. The number of unbranched alkanes of at least 4 members (excludes halogenated alkanes) is 3. The predicted molar refractivity (Wildman–Crippen MR) is 116 cm³/mol. The van der Waals surface area contributed by atoms with Gasteiger partial charge in [0.15, 0.2) is 0 Å². The van der Waals surface area contributed by atoms with Crippen molar-refractivity contribution < 1.29 is 19.4 Å². The number of nitrogens with zero attached hydrogens (tertiary/aromatic N) is 1. The van der Waals surface area contributed by atoms with Gasteiger partial charge in [-0.1, -0.05) is 25.0 Å². The smallest absolute Gasteiger partial charge is 0.240 e. The van der Waals surface area contributed by atoms with Crippen molar-refractivity contribution in [2.45, 2.75) is 44.9 Å². The Bertz CT molecular complexity index is 911. The Morgan fingerprint density at radius 2 is 1.80 bits per heavy atom. The number of rotatable bonds is 10. The number of hydrazone groups is 1. The van der Waals surface area contributed by atoms with Gasteiger partial charge >= 0.3 is 0 Å². The van der Waals surface area contributed by atoms with E-state index in [0.29, 0.717) is 25.1 Å². The molecule has 0 saturated carbocycles. The van der Waals surface area contributed by atoms with E-state index in [1.807, 2.05) is 18.2 Å². The SMILES string of the molecule is O=C(CCCCCCC(=O)Nc1ccccc1O)N/N=C/c1ccc2c(c1)CCO2. The Hall–Kier alpha value is -3.35. The van der Waals surface area contributed by atoms with Crippen molar-refractivity contribution in [2.75, 3.05) is 11.9 Å². The van der Waals surface area contributed by atoms with E-state index in [1.54, 1.807) is 24.4 Å². The lowest BCUT2D eigenvalue weighted by Gasteiger charge is -2.06. The summed E-state index contributed by atoms with van der Waals surface area (Å²) in [5.41, 5.74) is 5.07. The minimum Gasteiger partial charge on any atom is -0.506 e. The van der Waals surface area contributed by atoms with Crippen LogP contribution >= 0.6 is 0 Å². The highest BCUT2D eigenvalue weighted by atomic mass is 16.5. The second-order valence-corrected chi connectivity index (χ2v) is 7.24. The van der Waals surface area contributed by atoms with E-state index < -0.39 is 0 Å². The van der Waals surface area contributed by atoms with Gasteiger partial charge < -0.3 is 15.2 Å². The van der Waals surface area contributed by atoms with Gasteiger partial charge in [0.2, 0.25) is 11.8 Å². The largest absolute Gasteiger partial charge is 0.506 e. The first-order valence-electron chi connectivity index (χ1n) is 10.3. The molecule has 1 aliphatic heterocycles. The van der Waals surface area contributed by atoms with Gasteiger partial charge in [0.05, 0.1) is 18.5 Å². The van der Waals surface area contributed by atoms with Crippen LogP contribution in [0.25, 0.3) is 0 Å². The molecular formula is C23H27N3O4. The van der Waals surface area contributed by atoms with Crippen LogP contribution in [-0.4, -0.2) is 29.7 Å². The van der Waals surface area contributed by atoms with Crippen molar-refractivity contribution in [3.05, 3.63) is 53.6 Å². The van der Waals surface area contributed by atoms with Crippen LogP contribution in [0, 0.1) is 0 Å². The van der Waals surface area contributed by atoms with E-state index in [0.717, 1.165) is 43.4 Å².